The lowest BCUT2D eigenvalue weighted by Gasteiger charge is -2.33. The molecule has 0 unspecified atom stereocenters. The monoisotopic (exact) mass is 316 g/mol. The van der Waals surface area contributed by atoms with Crippen LogP contribution in [-0.2, 0) is 10.2 Å². The van der Waals surface area contributed by atoms with Gasteiger partial charge in [0.05, 0.1) is 0 Å². The van der Waals surface area contributed by atoms with E-state index in [1.165, 1.54) is 17.9 Å². The van der Waals surface area contributed by atoms with E-state index in [1.54, 1.807) is 0 Å². The highest BCUT2D eigenvalue weighted by atomic mass is 32.2. The Bertz CT molecular complexity index is 646. The van der Waals surface area contributed by atoms with Gasteiger partial charge in [-0.1, -0.05) is 0 Å². The first-order valence-corrected chi connectivity index (χ1v) is 7.83. The number of piperazine rings is 1. The van der Waals surface area contributed by atoms with Crippen LogP contribution in [0, 0.1) is 12.7 Å². The summed E-state index contributed by atoms with van der Waals surface area (Å²) < 4.78 is 37.1. The van der Waals surface area contributed by atoms with Crippen LogP contribution in [0.25, 0.3) is 0 Å². The second kappa shape index (κ2) is 5.58. The van der Waals surface area contributed by atoms with Gasteiger partial charge in [0, 0.05) is 43.0 Å². The average molecular weight is 316 g/mol. The van der Waals surface area contributed by atoms with Crippen LogP contribution in [0.2, 0.25) is 0 Å². The molecule has 1 heterocycles. The lowest BCUT2D eigenvalue weighted by Crippen LogP contribution is -2.52. The van der Waals surface area contributed by atoms with Gasteiger partial charge in [0.25, 0.3) is 16.1 Å². The second-order valence-electron chi connectivity index (χ2n) is 4.91. The van der Waals surface area contributed by atoms with E-state index in [0.29, 0.717) is 5.56 Å². The molecule has 2 rings (SSSR count). The van der Waals surface area contributed by atoms with Gasteiger partial charge >= 0.3 is 0 Å². The number of carbonyl (C=O) groups is 1. The Morgan fingerprint density at radius 3 is 2.29 bits per heavy atom. The predicted octanol–water partition coefficient (Wildman–Crippen LogP) is -0.322. The molecule has 0 atom stereocenters. The lowest BCUT2D eigenvalue weighted by atomic mass is 10.1. The zero-order chi connectivity index (χ0) is 15.8. The first-order chi connectivity index (χ1) is 9.70. The molecular weight excluding hydrogens is 299 g/mol. The summed E-state index contributed by atoms with van der Waals surface area (Å²) in [5.41, 5.74) is 6.31. The third-order valence-corrected chi connectivity index (χ3v) is 4.60. The molecule has 0 spiro atoms. The first-order valence-electron chi connectivity index (χ1n) is 6.33. The first kappa shape index (κ1) is 15.7. The van der Waals surface area contributed by atoms with Gasteiger partial charge in [0.1, 0.15) is 5.82 Å². The quantitative estimate of drug-likeness (QED) is 0.728. The van der Waals surface area contributed by atoms with Crippen LogP contribution >= 0.6 is 0 Å². The summed E-state index contributed by atoms with van der Waals surface area (Å²) in [5, 5.41) is 5.03. The van der Waals surface area contributed by atoms with Crippen LogP contribution in [0.4, 0.5) is 10.1 Å². The molecular formula is C12H17FN4O3S. The van der Waals surface area contributed by atoms with E-state index in [9.17, 15) is 17.6 Å². The van der Waals surface area contributed by atoms with Crippen molar-refractivity contribution in [2.24, 2.45) is 5.14 Å². The van der Waals surface area contributed by atoms with Crippen LogP contribution < -0.4 is 10.9 Å². The van der Waals surface area contributed by atoms with E-state index in [1.807, 2.05) is 0 Å². The van der Waals surface area contributed by atoms with Crippen LogP contribution in [0.5, 0.6) is 0 Å². The molecule has 116 valence electrons. The Hall–Kier alpha value is -1.71. The number of hydrogen-bond acceptors (Lipinski definition) is 4. The van der Waals surface area contributed by atoms with Gasteiger partial charge in [0.15, 0.2) is 0 Å². The summed E-state index contributed by atoms with van der Waals surface area (Å²) in [6.07, 6.45) is 0. The molecule has 21 heavy (non-hydrogen) atoms. The summed E-state index contributed by atoms with van der Waals surface area (Å²) in [4.78, 5) is 13.7. The number of halogens is 1. The summed E-state index contributed by atoms with van der Waals surface area (Å²) in [6, 6.07) is 2.56. The van der Waals surface area contributed by atoms with E-state index < -0.39 is 16.0 Å². The molecule has 0 saturated carbocycles. The van der Waals surface area contributed by atoms with E-state index in [-0.39, 0.29) is 43.3 Å². The van der Waals surface area contributed by atoms with Crippen LogP contribution in [0.1, 0.15) is 15.9 Å². The van der Waals surface area contributed by atoms with Crippen molar-refractivity contribution < 1.29 is 17.6 Å². The molecule has 0 bridgehead atoms. The van der Waals surface area contributed by atoms with E-state index in [0.717, 1.165) is 10.4 Å². The highest BCUT2D eigenvalue weighted by Crippen LogP contribution is 2.19. The van der Waals surface area contributed by atoms with Crippen LogP contribution in [0.15, 0.2) is 12.1 Å². The molecule has 1 amide bonds. The Balaban J connectivity index is 2.13. The molecule has 1 aliphatic heterocycles. The second-order valence-corrected chi connectivity index (χ2v) is 6.45. The minimum absolute atomic E-state index is 0.119. The third kappa shape index (κ3) is 3.31. The molecule has 7 nitrogen and oxygen atoms in total. The Kier molecular flexibility index (Phi) is 4.17. The number of rotatable bonds is 2. The van der Waals surface area contributed by atoms with Crippen molar-refractivity contribution in [1.29, 1.82) is 0 Å². The zero-order valence-electron chi connectivity index (χ0n) is 11.5. The van der Waals surface area contributed by atoms with Crippen molar-refractivity contribution in [3.8, 4) is 0 Å². The number of nitrogen functional groups attached to an aromatic ring is 1. The fraction of sp³-hybridized carbons (Fsp3) is 0.417. The minimum Gasteiger partial charge on any atom is -0.398 e. The van der Waals surface area contributed by atoms with Gasteiger partial charge in [-0.3, -0.25) is 4.79 Å². The van der Waals surface area contributed by atoms with Gasteiger partial charge in [-0.2, -0.15) is 12.7 Å². The largest absolute Gasteiger partial charge is 0.398 e. The van der Waals surface area contributed by atoms with Crippen molar-refractivity contribution in [3.63, 3.8) is 0 Å². The van der Waals surface area contributed by atoms with Crippen molar-refractivity contribution in [3.05, 3.63) is 29.1 Å². The van der Waals surface area contributed by atoms with E-state index in [2.05, 4.69) is 0 Å². The Morgan fingerprint density at radius 2 is 1.81 bits per heavy atom. The number of hydrogen-bond donors (Lipinski definition) is 2. The van der Waals surface area contributed by atoms with Crippen molar-refractivity contribution in [2.45, 2.75) is 6.92 Å². The fourth-order valence-corrected chi connectivity index (χ4v) is 2.82. The summed E-state index contributed by atoms with van der Waals surface area (Å²) >= 11 is 0. The maximum Gasteiger partial charge on any atom is 0.277 e. The number of anilines is 1. The molecule has 1 aromatic carbocycles. The van der Waals surface area contributed by atoms with Crippen molar-refractivity contribution in [2.75, 3.05) is 31.9 Å². The maximum atomic E-state index is 13.6. The van der Waals surface area contributed by atoms with Crippen molar-refractivity contribution in [1.82, 2.24) is 9.21 Å². The van der Waals surface area contributed by atoms with Crippen LogP contribution in [0.3, 0.4) is 0 Å². The molecule has 0 aliphatic carbocycles. The van der Waals surface area contributed by atoms with Gasteiger partial charge in [-0.15, -0.1) is 0 Å². The Labute approximate surface area is 122 Å². The molecule has 1 fully saturated rings. The van der Waals surface area contributed by atoms with E-state index in [4.69, 9.17) is 10.9 Å². The fourth-order valence-electron chi connectivity index (χ4n) is 2.15. The summed E-state index contributed by atoms with van der Waals surface area (Å²) in [5.74, 6) is -0.920. The molecule has 4 N–H and O–H groups in total. The van der Waals surface area contributed by atoms with Gasteiger partial charge in [-0.05, 0) is 19.1 Å². The Morgan fingerprint density at radius 1 is 1.24 bits per heavy atom. The molecule has 0 aromatic heterocycles. The zero-order valence-corrected chi connectivity index (χ0v) is 12.4. The molecule has 1 aliphatic rings. The lowest BCUT2D eigenvalue weighted by molar-refractivity contribution is 0.0697. The molecule has 1 saturated heterocycles. The SMILES string of the molecule is Cc1c(N)cc(C(=O)N2CCN(S(N)(=O)=O)CC2)cc1F. The minimum atomic E-state index is -3.74. The third-order valence-electron chi connectivity index (χ3n) is 3.52. The average Bonchev–Trinajstić information content (AvgIpc) is 2.42. The van der Waals surface area contributed by atoms with Gasteiger partial charge < -0.3 is 10.6 Å². The van der Waals surface area contributed by atoms with E-state index >= 15 is 0 Å². The molecule has 0 radical (unpaired) electrons. The molecule has 9 heteroatoms. The standard InChI is InChI=1S/C12H17FN4O3S/c1-8-10(13)6-9(7-11(8)14)12(18)16-2-4-17(5-3-16)21(15,19)20/h6-7H,2-5,14H2,1H3,(H2,15,19,20). The van der Waals surface area contributed by atoms with Crippen LogP contribution in [-0.4, -0.2) is 49.7 Å². The summed E-state index contributed by atoms with van der Waals surface area (Å²) in [6.45, 7) is 2.17. The highest BCUT2D eigenvalue weighted by molar-refractivity contribution is 7.86. The number of amides is 1. The topological polar surface area (TPSA) is 110 Å². The van der Waals surface area contributed by atoms with Gasteiger partial charge in [0.2, 0.25) is 0 Å². The molecule has 1 aromatic rings. The maximum absolute atomic E-state index is 13.6. The normalized spacial score (nSPS) is 17.0. The predicted molar refractivity (Wildman–Crippen MR) is 76.1 cm³/mol. The number of benzene rings is 1. The number of nitrogens with zero attached hydrogens (tertiary/aromatic N) is 2. The summed E-state index contributed by atoms with van der Waals surface area (Å²) in [7, 11) is -3.74. The number of carbonyl (C=O) groups excluding carboxylic acids is 1. The smallest absolute Gasteiger partial charge is 0.277 e. The highest BCUT2D eigenvalue weighted by Gasteiger charge is 2.27. The van der Waals surface area contributed by atoms with Gasteiger partial charge in [-0.25, -0.2) is 9.53 Å². The van der Waals surface area contributed by atoms with Crippen molar-refractivity contribution >= 4 is 21.8 Å². The number of nitrogens with two attached hydrogens (primary N) is 2.